The minimum Gasteiger partial charge on any atom is -0.342 e. The van der Waals surface area contributed by atoms with Gasteiger partial charge in [-0.05, 0) is 36.4 Å². The lowest BCUT2D eigenvalue weighted by Crippen LogP contribution is -2.48. The fourth-order valence-corrected chi connectivity index (χ4v) is 2.92. The molecule has 2 aromatic rings. The zero-order valence-electron chi connectivity index (χ0n) is 14.0. The number of rotatable bonds is 4. The van der Waals surface area contributed by atoms with Gasteiger partial charge in [0.05, 0.1) is 10.7 Å². The summed E-state index contributed by atoms with van der Waals surface area (Å²) < 4.78 is 0. The quantitative estimate of drug-likeness (QED) is 0.839. The first kappa shape index (κ1) is 17.9. The summed E-state index contributed by atoms with van der Waals surface area (Å²) in [6.07, 6.45) is 0.800. The highest BCUT2D eigenvalue weighted by Crippen LogP contribution is 2.21. The summed E-state index contributed by atoms with van der Waals surface area (Å²) in [6.45, 7) is 2.08. The van der Waals surface area contributed by atoms with Crippen LogP contribution >= 0.6 is 11.6 Å². The van der Waals surface area contributed by atoms with Gasteiger partial charge in [0.15, 0.2) is 0 Å². The van der Waals surface area contributed by atoms with Gasteiger partial charge in [-0.15, -0.1) is 0 Å². The first-order valence-corrected chi connectivity index (χ1v) is 8.61. The second kappa shape index (κ2) is 8.01. The van der Waals surface area contributed by atoms with Crippen LogP contribution in [-0.4, -0.2) is 54.2 Å². The molecule has 1 aliphatic heterocycles. The lowest BCUT2D eigenvalue weighted by molar-refractivity contribution is -0.119. The summed E-state index contributed by atoms with van der Waals surface area (Å²) in [5.74, 6) is -0.398. The van der Waals surface area contributed by atoms with Gasteiger partial charge < -0.3 is 15.1 Å². The summed E-state index contributed by atoms with van der Waals surface area (Å²) in [7, 11) is 0. The number of hydrogen-bond acceptors (Lipinski definition) is 3. The second-order valence-electron chi connectivity index (χ2n) is 5.94. The highest BCUT2D eigenvalue weighted by molar-refractivity contribution is 6.33. The van der Waals surface area contributed by atoms with Gasteiger partial charge in [0.2, 0.25) is 6.41 Å². The van der Waals surface area contributed by atoms with Crippen LogP contribution in [0.5, 0.6) is 0 Å². The van der Waals surface area contributed by atoms with Gasteiger partial charge in [-0.1, -0.05) is 23.7 Å². The van der Waals surface area contributed by atoms with E-state index in [2.05, 4.69) is 5.32 Å². The molecule has 0 spiro atoms. The van der Waals surface area contributed by atoms with E-state index < -0.39 is 0 Å². The number of nitrogens with zero attached hydrogens (tertiary/aromatic N) is 2. The first-order chi connectivity index (χ1) is 12.6. The van der Waals surface area contributed by atoms with Crippen molar-refractivity contribution in [1.29, 1.82) is 0 Å². The standard InChI is InChI=1S/C19H18ClN3O3/c20-16-3-1-2-4-17(16)21-18(25)14-5-7-15(8-6-14)19(26)23-11-9-22(13-24)10-12-23/h1-8,13H,9-12H2,(H,21,25). The van der Waals surface area contributed by atoms with Crippen LogP contribution in [0, 0.1) is 0 Å². The summed E-state index contributed by atoms with van der Waals surface area (Å²) in [6, 6.07) is 13.5. The lowest BCUT2D eigenvalue weighted by Gasteiger charge is -2.32. The van der Waals surface area contributed by atoms with Crippen molar-refractivity contribution < 1.29 is 14.4 Å². The predicted octanol–water partition coefficient (Wildman–Crippen LogP) is 2.51. The van der Waals surface area contributed by atoms with E-state index in [-0.39, 0.29) is 11.8 Å². The molecule has 0 atom stereocenters. The Kier molecular flexibility index (Phi) is 5.53. The smallest absolute Gasteiger partial charge is 0.255 e. The maximum atomic E-state index is 12.5. The van der Waals surface area contributed by atoms with E-state index in [9.17, 15) is 14.4 Å². The van der Waals surface area contributed by atoms with E-state index in [1.165, 1.54) is 0 Å². The van der Waals surface area contributed by atoms with Crippen molar-refractivity contribution in [3.8, 4) is 0 Å². The molecule has 3 amide bonds. The van der Waals surface area contributed by atoms with Crippen molar-refractivity contribution in [2.24, 2.45) is 0 Å². The molecule has 3 rings (SSSR count). The molecule has 0 aromatic heterocycles. The zero-order valence-corrected chi connectivity index (χ0v) is 14.8. The third kappa shape index (κ3) is 4.03. The van der Waals surface area contributed by atoms with Gasteiger partial charge in [-0.2, -0.15) is 0 Å². The Hall–Kier alpha value is -2.86. The number of carbonyl (C=O) groups excluding carboxylic acids is 3. The van der Waals surface area contributed by atoms with Crippen LogP contribution in [0.2, 0.25) is 5.02 Å². The van der Waals surface area contributed by atoms with Gasteiger partial charge in [-0.3, -0.25) is 14.4 Å². The first-order valence-electron chi connectivity index (χ1n) is 8.23. The van der Waals surface area contributed by atoms with Crippen molar-refractivity contribution in [3.05, 3.63) is 64.7 Å². The molecular formula is C19H18ClN3O3. The molecule has 0 bridgehead atoms. The number of nitrogens with one attached hydrogen (secondary N) is 1. The Labute approximate surface area is 156 Å². The van der Waals surface area contributed by atoms with E-state index in [0.29, 0.717) is 48.0 Å². The molecule has 7 heteroatoms. The molecule has 0 saturated carbocycles. The number of anilines is 1. The molecule has 0 radical (unpaired) electrons. The third-order valence-corrected chi connectivity index (χ3v) is 4.60. The summed E-state index contributed by atoms with van der Waals surface area (Å²) in [5.41, 5.74) is 1.48. The highest BCUT2D eigenvalue weighted by atomic mass is 35.5. The normalized spacial score (nSPS) is 14.0. The van der Waals surface area contributed by atoms with Crippen LogP contribution in [0.15, 0.2) is 48.5 Å². The minimum absolute atomic E-state index is 0.103. The van der Waals surface area contributed by atoms with E-state index >= 15 is 0 Å². The van der Waals surface area contributed by atoms with Crippen molar-refractivity contribution in [3.63, 3.8) is 0 Å². The molecule has 0 aliphatic carbocycles. The molecule has 134 valence electrons. The number of para-hydroxylation sites is 1. The summed E-state index contributed by atoms with van der Waals surface area (Å²) >= 11 is 6.04. The van der Waals surface area contributed by atoms with Gasteiger partial charge >= 0.3 is 0 Å². The van der Waals surface area contributed by atoms with Gasteiger partial charge in [0, 0.05) is 37.3 Å². The van der Waals surface area contributed by atoms with E-state index in [1.807, 2.05) is 0 Å². The number of carbonyl (C=O) groups is 3. The third-order valence-electron chi connectivity index (χ3n) is 4.27. The molecule has 1 N–H and O–H groups in total. The van der Waals surface area contributed by atoms with E-state index in [4.69, 9.17) is 11.6 Å². The van der Waals surface area contributed by atoms with E-state index in [0.717, 1.165) is 6.41 Å². The Morgan fingerprint density at radius 3 is 2.15 bits per heavy atom. The van der Waals surface area contributed by atoms with Crippen LogP contribution in [0.3, 0.4) is 0 Å². The monoisotopic (exact) mass is 371 g/mol. The maximum absolute atomic E-state index is 12.5. The van der Waals surface area contributed by atoms with Crippen LogP contribution in [0.25, 0.3) is 0 Å². The van der Waals surface area contributed by atoms with Crippen molar-refractivity contribution in [2.45, 2.75) is 0 Å². The Morgan fingerprint density at radius 2 is 1.54 bits per heavy atom. The largest absolute Gasteiger partial charge is 0.342 e. The molecule has 1 aliphatic rings. The van der Waals surface area contributed by atoms with Crippen LogP contribution < -0.4 is 5.32 Å². The fraction of sp³-hybridized carbons (Fsp3) is 0.211. The molecule has 1 heterocycles. The molecule has 0 unspecified atom stereocenters. The Bertz CT molecular complexity index is 815. The van der Waals surface area contributed by atoms with Gasteiger partial charge in [0.1, 0.15) is 0 Å². The minimum atomic E-state index is -0.295. The highest BCUT2D eigenvalue weighted by Gasteiger charge is 2.21. The van der Waals surface area contributed by atoms with Gasteiger partial charge in [0.25, 0.3) is 11.8 Å². The molecule has 1 fully saturated rings. The van der Waals surface area contributed by atoms with Crippen LogP contribution in [0.4, 0.5) is 5.69 Å². The predicted molar refractivity (Wildman–Crippen MR) is 99.4 cm³/mol. The summed E-state index contributed by atoms with van der Waals surface area (Å²) in [4.78, 5) is 38.9. The number of halogens is 1. The van der Waals surface area contributed by atoms with Crippen molar-refractivity contribution >= 4 is 35.5 Å². The van der Waals surface area contributed by atoms with Crippen molar-refractivity contribution in [2.75, 3.05) is 31.5 Å². The number of piperazine rings is 1. The topological polar surface area (TPSA) is 69.7 Å². The van der Waals surface area contributed by atoms with Gasteiger partial charge in [-0.25, -0.2) is 0 Å². The molecule has 1 saturated heterocycles. The SMILES string of the molecule is O=CN1CCN(C(=O)c2ccc(C(=O)Nc3ccccc3Cl)cc2)CC1. The molecule has 6 nitrogen and oxygen atoms in total. The van der Waals surface area contributed by atoms with E-state index in [1.54, 1.807) is 58.3 Å². The zero-order chi connectivity index (χ0) is 18.5. The number of amides is 3. The van der Waals surface area contributed by atoms with Crippen LogP contribution in [0.1, 0.15) is 20.7 Å². The second-order valence-corrected chi connectivity index (χ2v) is 6.35. The number of hydrogen-bond donors (Lipinski definition) is 1. The molecule has 2 aromatic carbocycles. The summed E-state index contributed by atoms with van der Waals surface area (Å²) in [5, 5.41) is 3.21. The maximum Gasteiger partial charge on any atom is 0.255 e. The molecular weight excluding hydrogens is 354 g/mol. The Balaban J connectivity index is 1.64. The van der Waals surface area contributed by atoms with Crippen LogP contribution in [-0.2, 0) is 4.79 Å². The lowest BCUT2D eigenvalue weighted by atomic mass is 10.1. The Morgan fingerprint density at radius 1 is 0.923 bits per heavy atom. The average molecular weight is 372 g/mol. The average Bonchev–Trinajstić information content (AvgIpc) is 2.69. The molecule has 26 heavy (non-hydrogen) atoms. The number of benzene rings is 2. The fourth-order valence-electron chi connectivity index (χ4n) is 2.73. The van der Waals surface area contributed by atoms with Crippen molar-refractivity contribution in [1.82, 2.24) is 9.80 Å².